The van der Waals surface area contributed by atoms with E-state index in [1.807, 2.05) is 33.8 Å². The second-order valence-electron chi connectivity index (χ2n) is 19.4. The number of aromatic amines is 1. The number of aromatic nitrogens is 5. The predicted molar refractivity (Wildman–Crippen MR) is 238 cm³/mol. The first-order valence-electron chi connectivity index (χ1n) is 22.3. The van der Waals surface area contributed by atoms with Crippen molar-refractivity contribution in [3.8, 4) is 11.3 Å². The van der Waals surface area contributed by atoms with Crippen molar-refractivity contribution in [3.63, 3.8) is 0 Å². The van der Waals surface area contributed by atoms with Gasteiger partial charge in [-0.2, -0.15) is 4.98 Å². The SMILES string of the molecule is Cc1cc(-c2ncnc3[nH]c4cc(N5CCC6(CC5)CCN(C5CC(c7ccc([C@@H]8CCC(=O)NC8=O)cc7)C5)C6)ccc4c23)ccc1[C@@H](C)NC(=O)c1nc(C(C)(C)C)no1. The fourth-order valence-electron chi connectivity index (χ4n) is 10.5. The van der Waals surface area contributed by atoms with Crippen molar-refractivity contribution in [3.05, 3.63) is 101 Å². The summed E-state index contributed by atoms with van der Waals surface area (Å²) in [5.74, 6) is 0.0608. The number of aryl methyl sites for hydroxylation is 1. The topological polar surface area (TPSA) is 162 Å². The third kappa shape index (κ3) is 7.43. The summed E-state index contributed by atoms with van der Waals surface area (Å²) in [6.07, 6.45) is 8.70. The Morgan fingerprint density at radius 1 is 0.952 bits per heavy atom. The first kappa shape index (κ1) is 40.1. The van der Waals surface area contributed by atoms with Crippen molar-refractivity contribution >= 4 is 45.3 Å². The number of rotatable bonds is 8. The number of piperidine rings is 2. The van der Waals surface area contributed by atoms with Crippen LogP contribution in [0.1, 0.15) is 129 Å². The zero-order valence-electron chi connectivity index (χ0n) is 36.3. The van der Waals surface area contributed by atoms with E-state index in [2.05, 4.69) is 102 Å². The van der Waals surface area contributed by atoms with E-state index in [9.17, 15) is 14.4 Å². The molecule has 6 aromatic rings. The molecule has 13 nitrogen and oxygen atoms in total. The molecule has 10 rings (SSSR count). The minimum atomic E-state index is -0.400. The van der Waals surface area contributed by atoms with Crippen molar-refractivity contribution in [1.29, 1.82) is 0 Å². The first-order valence-corrected chi connectivity index (χ1v) is 22.3. The number of imide groups is 1. The second-order valence-corrected chi connectivity index (χ2v) is 19.4. The first-order chi connectivity index (χ1) is 29.8. The van der Waals surface area contributed by atoms with Gasteiger partial charge in [0.25, 0.3) is 0 Å². The number of carbonyl (C=O) groups is 3. The highest BCUT2D eigenvalue weighted by molar-refractivity contribution is 6.12. The zero-order chi connectivity index (χ0) is 42.9. The Labute approximate surface area is 361 Å². The van der Waals surface area contributed by atoms with Gasteiger partial charge < -0.3 is 19.7 Å². The third-order valence-electron chi connectivity index (χ3n) is 14.4. The average Bonchev–Trinajstić information content (AvgIpc) is 3.99. The zero-order valence-corrected chi connectivity index (χ0v) is 36.3. The van der Waals surface area contributed by atoms with Crippen LogP contribution in [-0.4, -0.2) is 79.9 Å². The molecule has 0 bridgehead atoms. The van der Waals surface area contributed by atoms with E-state index < -0.39 is 5.91 Å². The number of fused-ring (bicyclic) bond motifs is 3. The Bertz CT molecular complexity index is 2700. The van der Waals surface area contributed by atoms with Crippen molar-refractivity contribution in [2.24, 2.45) is 5.41 Å². The molecule has 62 heavy (non-hydrogen) atoms. The monoisotopic (exact) mass is 833 g/mol. The molecule has 3 aromatic heterocycles. The van der Waals surface area contributed by atoms with Crippen molar-refractivity contribution < 1.29 is 18.9 Å². The molecule has 4 fully saturated rings. The third-order valence-corrected chi connectivity index (χ3v) is 14.4. The van der Waals surface area contributed by atoms with Crippen LogP contribution in [0.4, 0.5) is 5.69 Å². The second kappa shape index (κ2) is 15.4. The fraction of sp³-hybridized carbons (Fsp3) is 0.449. The van der Waals surface area contributed by atoms with Crippen LogP contribution in [0.2, 0.25) is 0 Å². The van der Waals surface area contributed by atoms with E-state index in [0.29, 0.717) is 36.0 Å². The highest BCUT2D eigenvalue weighted by Gasteiger charge is 2.45. The van der Waals surface area contributed by atoms with Gasteiger partial charge in [0.1, 0.15) is 12.0 Å². The quantitative estimate of drug-likeness (QED) is 0.128. The van der Waals surface area contributed by atoms with E-state index in [1.165, 1.54) is 56.4 Å². The number of benzene rings is 3. The van der Waals surface area contributed by atoms with Gasteiger partial charge >= 0.3 is 11.8 Å². The molecule has 3 aliphatic heterocycles. The number of amides is 3. The molecule has 1 spiro atoms. The molecular weight excluding hydrogens is 779 g/mol. The molecule has 13 heteroatoms. The van der Waals surface area contributed by atoms with Gasteiger partial charge in [0.15, 0.2) is 5.82 Å². The van der Waals surface area contributed by atoms with E-state index in [0.717, 1.165) is 63.0 Å². The van der Waals surface area contributed by atoms with Gasteiger partial charge in [-0.25, -0.2) is 9.97 Å². The Hall–Kier alpha value is -5.95. The lowest BCUT2D eigenvalue weighted by atomic mass is 9.74. The minimum Gasteiger partial charge on any atom is -0.371 e. The van der Waals surface area contributed by atoms with E-state index in [1.54, 1.807) is 6.33 Å². The van der Waals surface area contributed by atoms with Crippen LogP contribution in [-0.2, 0) is 15.0 Å². The van der Waals surface area contributed by atoms with Gasteiger partial charge in [0, 0.05) is 59.7 Å². The van der Waals surface area contributed by atoms with Crippen LogP contribution in [0.3, 0.4) is 0 Å². The molecular formula is C49H55N9O4. The molecule has 6 heterocycles. The molecule has 3 saturated heterocycles. The summed E-state index contributed by atoms with van der Waals surface area (Å²) in [7, 11) is 0. The number of anilines is 1. The summed E-state index contributed by atoms with van der Waals surface area (Å²) in [5, 5.41) is 11.6. The average molecular weight is 834 g/mol. The van der Waals surface area contributed by atoms with Gasteiger partial charge in [0.2, 0.25) is 11.8 Å². The molecule has 320 valence electrons. The highest BCUT2D eigenvalue weighted by atomic mass is 16.5. The van der Waals surface area contributed by atoms with Crippen molar-refractivity contribution in [1.82, 2.24) is 40.6 Å². The Kier molecular flexibility index (Phi) is 10.00. The summed E-state index contributed by atoms with van der Waals surface area (Å²) in [6.45, 7) is 14.4. The smallest absolute Gasteiger partial charge is 0.315 e. The lowest BCUT2D eigenvalue weighted by molar-refractivity contribution is -0.134. The van der Waals surface area contributed by atoms with E-state index >= 15 is 0 Å². The largest absolute Gasteiger partial charge is 0.371 e. The normalized spacial score (nSPS) is 22.3. The summed E-state index contributed by atoms with van der Waals surface area (Å²) < 4.78 is 5.27. The van der Waals surface area contributed by atoms with E-state index in [-0.39, 0.29) is 35.1 Å². The summed E-state index contributed by atoms with van der Waals surface area (Å²) in [5.41, 5.74) is 9.42. The maximum Gasteiger partial charge on any atom is 0.315 e. The van der Waals surface area contributed by atoms with Crippen LogP contribution in [0.25, 0.3) is 33.2 Å². The van der Waals surface area contributed by atoms with Crippen LogP contribution in [0, 0.1) is 12.3 Å². The van der Waals surface area contributed by atoms with Gasteiger partial charge in [-0.15, -0.1) is 0 Å². The van der Waals surface area contributed by atoms with Gasteiger partial charge in [-0.05, 0) is 111 Å². The van der Waals surface area contributed by atoms with Crippen molar-refractivity contribution in [2.75, 3.05) is 31.1 Å². The molecule has 3 N–H and O–H groups in total. The maximum atomic E-state index is 13.0. The number of nitrogens with one attached hydrogen (secondary N) is 3. The fourth-order valence-corrected chi connectivity index (χ4v) is 10.5. The molecule has 0 unspecified atom stereocenters. The maximum absolute atomic E-state index is 13.0. The number of hydrogen-bond donors (Lipinski definition) is 3. The van der Waals surface area contributed by atoms with Gasteiger partial charge in [-0.3, -0.25) is 24.6 Å². The Morgan fingerprint density at radius 3 is 2.44 bits per heavy atom. The number of carbonyl (C=O) groups excluding carboxylic acids is 3. The Balaban J connectivity index is 0.762. The molecule has 3 amide bonds. The van der Waals surface area contributed by atoms with Crippen molar-refractivity contribution in [2.45, 2.75) is 109 Å². The summed E-state index contributed by atoms with van der Waals surface area (Å²) in [6, 6.07) is 22.0. The lowest BCUT2D eigenvalue weighted by Gasteiger charge is -2.44. The predicted octanol–water partition coefficient (Wildman–Crippen LogP) is 8.02. The molecule has 2 atom stereocenters. The molecule has 0 radical (unpaired) electrons. The van der Waals surface area contributed by atoms with Crippen LogP contribution < -0.4 is 15.5 Å². The molecule has 1 saturated carbocycles. The summed E-state index contributed by atoms with van der Waals surface area (Å²) in [4.78, 5) is 59.6. The standard InChI is InChI=1S/C49H55N9O4/c1-28-22-32(10-12-36(28)29(2)52-45(61)46-55-47(56-62-46)48(3,4)5)42-41-38-13-11-34(25-39(38)53-43(41)51-27-50-42)57-19-16-49(17-20-57)18-21-58(26-49)35-23-33(24-35)30-6-8-31(9-7-30)37-14-15-40(59)54-44(37)60/h6-13,22,25,27,29,33,35,37H,14-21,23-24,26H2,1-5H3,(H,52,61)(H,50,51,53)(H,54,59,60)/t29-,33?,35?,37+/m1/s1. The van der Waals surface area contributed by atoms with Crippen LogP contribution >= 0.6 is 0 Å². The van der Waals surface area contributed by atoms with Crippen LogP contribution in [0.15, 0.2) is 71.5 Å². The molecule has 3 aromatic carbocycles. The van der Waals surface area contributed by atoms with Crippen LogP contribution in [0.5, 0.6) is 0 Å². The number of H-pyrrole nitrogens is 1. The molecule has 4 aliphatic rings. The molecule has 1 aliphatic carbocycles. The Morgan fingerprint density at radius 2 is 1.71 bits per heavy atom. The number of likely N-dealkylation sites (tertiary alicyclic amines) is 1. The number of nitrogens with zero attached hydrogens (tertiary/aromatic N) is 6. The highest BCUT2D eigenvalue weighted by Crippen LogP contribution is 2.47. The minimum absolute atomic E-state index is 0.0403. The van der Waals surface area contributed by atoms with Gasteiger partial charge in [-0.1, -0.05) is 68.4 Å². The number of hydrogen-bond acceptors (Lipinski definition) is 10. The van der Waals surface area contributed by atoms with Gasteiger partial charge in [0.05, 0.1) is 23.0 Å². The lowest BCUT2D eigenvalue weighted by Crippen LogP contribution is -2.46. The van der Waals surface area contributed by atoms with E-state index in [4.69, 9.17) is 9.51 Å². The summed E-state index contributed by atoms with van der Waals surface area (Å²) >= 11 is 0.